The van der Waals surface area contributed by atoms with Gasteiger partial charge in [-0.15, -0.1) is 0 Å². The fraction of sp³-hybridized carbons (Fsp3) is 1.00. The van der Waals surface area contributed by atoms with Gasteiger partial charge in [-0.1, -0.05) is 20.8 Å². The molecule has 0 aromatic heterocycles. The Labute approximate surface area is 69.1 Å². The van der Waals surface area contributed by atoms with Crippen molar-refractivity contribution in [2.24, 2.45) is 17.3 Å². The highest BCUT2D eigenvalue weighted by atomic mass is 16.5. The molecule has 0 spiro atoms. The van der Waals surface area contributed by atoms with Crippen molar-refractivity contribution < 1.29 is 4.74 Å². The van der Waals surface area contributed by atoms with Gasteiger partial charge in [0.05, 0.1) is 12.7 Å². The molecule has 2 bridgehead atoms. The molecule has 0 amide bonds. The molecular formula is C10H18O. The Bertz CT molecular complexity index is 164. The summed E-state index contributed by atoms with van der Waals surface area (Å²) in [6.07, 6.45) is 3.23. The molecule has 3 atom stereocenters. The maximum atomic E-state index is 5.60. The third-order valence-corrected chi connectivity index (χ3v) is 4.00. The summed E-state index contributed by atoms with van der Waals surface area (Å²) in [5.41, 5.74) is 0.586. The topological polar surface area (TPSA) is 9.23 Å². The highest BCUT2D eigenvalue weighted by molar-refractivity contribution is 4.98. The van der Waals surface area contributed by atoms with Crippen LogP contribution in [0.4, 0.5) is 0 Å². The molecule has 1 saturated heterocycles. The first-order valence-corrected chi connectivity index (χ1v) is 4.74. The molecule has 1 heterocycles. The minimum absolute atomic E-state index is 0.586. The Morgan fingerprint density at radius 2 is 2.18 bits per heavy atom. The van der Waals surface area contributed by atoms with E-state index < -0.39 is 0 Å². The van der Waals surface area contributed by atoms with Crippen molar-refractivity contribution in [1.82, 2.24) is 0 Å². The van der Waals surface area contributed by atoms with Gasteiger partial charge in [-0.25, -0.2) is 0 Å². The van der Waals surface area contributed by atoms with Gasteiger partial charge in [-0.3, -0.25) is 0 Å². The average Bonchev–Trinajstić information content (AvgIpc) is 2.45. The molecule has 1 saturated carbocycles. The molecule has 3 unspecified atom stereocenters. The second kappa shape index (κ2) is 2.22. The minimum atomic E-state index is 0.586. The molecule has 0 radical (unpaired) electrons. The van der Waals surface area contributed by atoms with Crippen molar-refractivity contribution >= 4 is 0 Å². The molecule has 2 rings (SSSR count). The number of hydrogen-bond acceptors (Lipinski definition) is 1. The van der Waals surface area contributed by atoms with Gasteiger partial charge in [0.15, 0.2) is 0 Å². The molecule has 0 aromatic carbocycles. The van der Waals surface area contributed by atoms with Crippen LogP contribution in [0.1, 0.15) is 33.6 Å². The highest BCUT2D eigenvalue weighted by Crippen LogP contribution is 2.53. The zero-order chi connectivity index (χ0) is 8.06. The van der Waals surface area contributed by atoms with Crippen LogP contribution in [0.3, 0.4) is 0 Å². The monoisotopic (exact) mass is 154 g/mol. The number of hydrogen-bond donors (Lipinski definition) is 0. The van der Waals surface area contributed by atoms with Crippen LogP contribution in [0, 0.1) is 17.3 Å². The second-order valence-corrected chi connectivity index (χ2v) is 4.75. The summed E-state index contributed by atoms with van der Waals surface area (Å²) in [7, 11) is 0. The van der Waals surface area contributed by atoms with Gasteiger partial charge in [-0.05, 0) is 30.1 Å². The molecule has 64 valence electrons. The molecule has 1 aliphatic heterocycles. The SMILES string of the molecule is CC(C)C1(C)CC2CC1CO2. The fourth-order valence-corrected chi connectivity index (χ4v) is 2.67. The summed E-state index contributed by atoms with van der Waals surface area (Å²) in [6.45, 7) is 8.16. The van der Waals surface area contributed by atoms with Gasteiger partial charge >= 0.3 is 0 Å². The number of fused-ring (bicyclic) bond motifs is 2. The lowest BCUT2D eigenvalue weighted by atomic mass is 9.71. The van der Waals surface area contributed by atoms with Crippen molar-refractivity contribution in [3.63, 3.8) is 0 Å². The average molecular weight is 154 g/mol. The lowest BCUT2D eigenvalue weighted by molar-refractivity contribution is -0.00805. The van der Waals surface area contributed by atoms with Gasteiger partial charge in [0.2, 0.25) is 0 Å². The third-order valence-electron chi connectivity index (χ3n) is 4.00. The van der Waals surface area contributed by atoms with E-state index in [9.17, 15) is 0 Å². The third kappa shape index (κ3) is 0.936. The van der Waals surface area contributed by atoms with Crippen LogP contribution in [0.2, 0.25) is 0 Å². The molecule has 1 heteroatoms. The van der Waals surface area contributed by atoms with E-state index in [1.807, 2.05) is 0 Å². The molecule has 1 aliphatic carbocycles. The van der Waals surface area contributed by atoms with Crippen LogP contribution in [-0.2, 0) is 4.74 Å². The van der Waals surface area contributed by atoms with Gasteiger partial charge < -0.3 is 4.74 Å². The largest absolute Gasteiger partial charge is 0.378 e. The summed E-state index contributed by atoms with van der Waals surface area (Å²) in [5.74, 6) is 1.67. The zero-order valence-electron chi connectivity index (χ0n) is 7.76. The number of rotatable bonds is 1. The lowest BCUT2D eigenvalue weighted by Gasteiger charge is -2.37. The van der Waals surface area contributed by atoms with Crippen LogP contribution in [0.5, 0.6) is 0 Å². The lowest BCUT2D eigenvalue weighted by Crippen LogP contribution is -2.33. The Morgan fingerprint density at radius 1 is 1.45 bits per heavy atom. The fourth-order valence-electron chi connectivity index (χ4n) is 2.67. The predicted octanol–water partition coefficient (Wildman–Crippen LogP) is 2.46. The minimum Gasteiger partial charge on any atom is -0.378 e. The normalized spacial score (nSPS) is 49.1. The molecule has 1 nitrogen and oxygen atoms in total. The molecule has 0 N–H and O–H groups in total. The van der Waals surface area contributed by atoms with Crippen LogP contribution in [-0.4, -0.2) is 12.7 Å². The Kier molecular flexibility index (Phi) is 1.54. The van der Waals surface area contributed by atoms with Crippen molar-refractivity contribution in [2.75, 3.05) is 6.61 Å². The Balaban J connectivity index is 2.16. The van der Waals surface area contributed by atoms with Gasteiger partial charge in [0, 0.05) is 0 Å². The summed E-state index contributed by atoms with van der Waals surface area (Å²) in [5, 5.41) is 0. The van der Waals surface area contributed by atoms with E-state index in [0.717, 1.165) is 18.4 Å². The maximum absolute atomic E-state index is 5.60. The Morgan fingerprint density at radius 3 is 2.45 bits per heavy atom. The summed E-state index contributed by atoms with van der Waals surface area (Å²) in [6, 6.07) is 0. The van der Waals surface area contributed by atoms with E-state index in [-0.39, 0.29) is 0 Å². The maximum Gasteiger partial charge on any atom is 0.0584 e. The van der Waals surface area contributed by atoms with Crippen LogP contribution < -0.4 is 0 Å². The summed E-state index contributed by atoms with van der Waals surface area (Å²) >= 11 is 0. The first-order chi connectivity index (χ1) is 5.13. The van der Waals surface area contributed by atoms with Crippen molar-refractivity contribution in [2.45, 2.75) is 39.7 Å². The van der Waals surface area contributed by atoms with Crippen molar-refractivity contribution in [3.8, 4) is 0 Å². The predicted molar refractivity (Wildman–Crippen MR) is 45.4 cm³/mol. The first-order valence-electron chi connectivity index (χ1n) is 4.74. The van der Waals surface area contributed by atoms with E-state index in [2.05, 4.69) is 20.8 Å². The zero-order valence-corrected chi connectivity index (χ0v) is 7.76. The second-order valence-electron chi connectivity index (χ2n) is 4.75. The van der Waals surface area contributed by atoms with Gasteiger partial charge in [-0.2, -0.15) is 0 Å². The highest BCUT2D eigenvalue weighted by Gasteiger charge is 2.50. The van der Waals surface area contributed by atoms with E-state index >= 15 is 0 Å². The molecule has 11 heavy (non-hydrogen) atoms. The smallest absolute Gasteiger partial charge is 0.0584 e. The summed E-state index contributed by atoms with van der Waals surface area (Å²) < 4.78 is 5.60. The molecular weight excluding hydrogens is 136 g/mol. The van der Waals surface area contributed by atoms with Crippen LogP contribution >= 0.6 is 0 Å². The molecule has 2 fully saturated rings. The first kappa shape index (κ1) is 7.60. The van der Waals surface area contributed by atoms with Crippen LogP contribution in [0.25, 0.3) is 0 Å². The summed E-state index contributed by atoms with van der Waals surface area (Å²) in [4.78, 5) is 0. The van der Waals surface area contributed by atoms with Crippen LogP contribution in [0.15, 0.2) is 0 Å². The quantitative estimate of drug-likeness (QED) is 0.563. The van der Waals surface area contributed by atoms with Gasteiger partial charge in [0.25, 0.3) is 0 Å². The van der Waals surface area contributed by atoms with Gasteiger partial charge in [0.1, 0.15) is 0 Å². The van der Waals surface area contributed by atoms with Crippen molar-refractivity contribution in [3.05, 3.63) is 0 Å². The van der Waals surface area contributed by atoms with E-state index in [4.69, 9.17) is 4.74 Å². The standard InChI is InChI=1S/C10H18O/c1-7(2)10(3)5-9-4-8(10)6-11-9/h7-9H,4-6H2,1-3H3. The van der Waals surface area contributed by atoms with E-state index in [0.29, 0.717) is 11.5 Å². The molecule has 0 aromatic rings. The van der Waals surface area contributed by atoms with E-state index in [1.54, 1.807) is 0 Å². The molecule has 2 aliphatic rings. The Hall–Kier alpha value is -0.0400. The number of ether oxygens (including phenoxy) is 1. The van der Waals surface area contributed by atoms with Crippen molar-refractivity contribution in [1.29, 1.82) is 0 Å². The van der Waals surface area contributed by atoms with E-state index in [1.165, 1.54) is 12.8 Å².